The van der Waals surface area contributed by atoms with Crippen LogP contribution in [0.1, 0.15) is 44.0 Å². The summed E-state index contributed by atoms with van der Waals surface area (Å²) in [6.45, 7) is 3.46. The van der Waals surface area contributed by atoms with E-state index in [2.05, 4.69) is 22.4 Å². The summed E-state index contributed by atoms with van der Waals surface area (Å²) in [6.07, 6.45) is 8.61. The monoisotopic (exact) mass is 445 g/mol. The van der Waals surface area contributed by atoms with Crippen LogP contribution < -0.4 is 4.90 Å². The second-order valence-electron chi connectivity index (χ2n) is 8.94. The molecule has 5 rings (SSSR count). The number of amides is 1. The standard InChI is InChI=1S/C24H25BClN5O/c1-2-3-12-30-20-5-4-17(26)13-19(20)29-22(30)15-31-21-14-28-11-6-18(21)24(23(31)32)7-9-25(16-27)10-8-24/h4-6,11,13-14H,2-3,7-10,12,15H2,1H3. The van der Waals surface area contributed by atoms with Crippen LogP contribution in [-0.4, -0.2) is 27.2 Å². The molecule has 8 heteroatoms. The van der Waals surface area contributed by atoms with E-state index in [0.717, 1.165) is 60.1 Å². The first-order chi connectivity index (χ1) is 15.6. The maximum Gasteiger partial charge on any atom is 0.267 e. The SMILES string of the molecule is CCCCn1c(CN2C(=O)C3(CCB(C#N)CC3)c3ccncc32)nc2cc(Cl)ccc21. The Morgan fingerprint density at radius 1 is 1.28 bits per heavy atom. The van der Waals surface area contributed by atoms with Crippen LogP contribution in [0, 0.1) is 11.2 Å². The fourth-order valence-corrected chi connectivity index (χ4v) is 5.52. The van der Waals surface area contributed by atoms with Crippen LogP contribution in [-0.2, 0) is 23.3 Å². The zero-order valence-electron chi connectivity index (χ0n) is 18.2. The maximum atomic E-state index is 13.9. The molecule has 0 atom stereocenters. The van der Waals surface area contributed by atoms with Gasteiger partial charge in [-0.15, -0.1) is 0 Å². The third-order valence-electron chi connectivity index (χ3n) is 7.11. The van der Waals surface area contributed by atoms with Crippen LogP contribution >= 0.6 is 11.6 Å². The van der Waals surface area contributed by atoms with E-state index in [0.29, 0.717) is 24.4 Å². The van der Waals surface area contributed by atoms with Crippen LogP contribution in [0.4, 0.5) is 5.69 Å². The molecular weight excluding hydrogens is 421 g/mol. The van der Waals surface area contributed by atoms with Crippen molar-refractivity contribution in [2.75, 3.05) is 4.90 Å². The van der Waals surface area contributed by atoms with Crippen LogP contribution in [0.25, 0.3) is 11.0 Å². The van der Waals surface area contributed by atoms with E-state index in [1.165, 1.54) is 0 Å². The maximum absolute atomic E-state index is 13.9. The first-order valence-electron chi connectivity index (χ1n) is 11.4. The normalized spacial score (nSPS) is 17.2. The summed E-state index contributed by atoms with van der Waals surface area (Å²) >= 11 is 6.22. The number of unbranched alkanes of at least 4 members (excludes halogenated alkanes) is 1. The number of anilines is 1. The number of hydrogen-bond donors (Lipinski definition) is 0. The number of rotatable bonds is 5. The molecule has 1 spiro atoms. The molecule has 1 fully saturated rings. The third kappa shape index (κ3) is 3.29. The van der Waals surface area contributed by atoms with E-state index < -0.39 is 5.41 Å². The summed E-state index contributed by atoms with van der Waals surface area (Å²) in [5, 5.41) is 10.0. The summed E-state index contributed by atoms with van der Waals surface area (Å²) in [4.78, 5) is 25.0. The van der Waals surface area contributed by atoms with Crippen molar-refractivity contribution in [1.82, 2.24) is 14.5 Å². The largest absolute Gasteiger partial charge is 0.326 e. The van der Waals surface area contributed by atoms with Gasteiger partial charge in [0.05, 0.1) is 34.9 Å². The molecule has 162 valence electrons. The van der Waals surface area contributed by atoms with Crippen molar-refractivity contribution in [3.05, 3.63) is 53.1 Å². The lowest BCUT2D eigenvalue weighted by molar-refractivity contribution is -0.123. The Bertz CT molecular complexity index is 1220. The van der Waals surface area contributed by atoms with E-state index in [1.807, 2.05) is 29.2 Å². The van der Waals surface area contributed by atoms with Gasteiger partial charge in [-0.1, -0.05) is 37.6 Å². The van der Waals surface area contributed by atoms with Crippen LogP contribution in [0.2, 0.25) is 17.7 Å². The molecule has 0 unspecified atom stereocenters. The molecule has 6 nitrogen and oxygen atoms in total. The first-order valence-corrected chi connectivity index (χ1v) is 11.8. The van der Waals surface area contributed by atoms with Crippen molar-refractivity contribution in [2.45, 2.75) is 63.8 Å². The van der Waals surface area contributed by atoms with Crippen molar-refractivity contribution in [3.8, 4) is 5.97 Å². The minimum absolute atomic E-state index is 0.0377. The molecule has 2 aliphatic heterocycles. The van der Waals surface area contributed by atoms with E-state index in [1.54, 1.807) is 12.4 Å². The number of hydrogen-bond acceptors (Lipinski definition) is 4. The highest BCUT2D eigenvalue weighted by molar-refractivity contribution is 6.67. The van der Waals surface area contributed by atoms with Gasteiger partial charge >= 0.3 is 0 Å². The minimum Gasteiger partial charge on any atom is -0.326 e. The highest BCUT2D eigenvalue weighted by Crippen LogP contribution is 2.50. The number of carbonyl (C=O) groups is 1. The Labute approximate surface area is 193 Å². The van der Waals surface area contributed by atoms with Gasteiger partial charge < -0.3 is 9.47 Å². The summed E-state index contributed by atoms with van der Waals surface area (Å²) < 4.78 is 2.22. The van der Waals surface area contributed by atoms with E-state index in [4.69, 9.17) is 16.6 Å². The molecule has 1 aromatic carbocycles. The molecule has 1 saturated heterocycles. The highest BCUT2D eigenvalue weighted by Gasteiger charge is 2.52. The minimum atomic E-state index is -0.546. The molecule has 0 saturated carbocycles. The zero-order valence-corrected chi connectivity index (χ0v) is 19.0. The molecule has 2 aromatic heterocycles. The van der Waals surface area contributed by atoms with Crippen molar-refractivity contribution in [3.63, 3.8) is 0 Å². The van der Waals surface area contributed by atoms with Gasteiger partial charge in [-0.05, 0) is 49.1 Å². The van der Waals surface area contributed by atoms with Gasteiger partial charge in [-0.25, -0.2) is 10.2 Å². The predicted molar refractivity (Wildman–Crippen MR) is 127 cm³/mol. The molecule has 3 aromatic rings. The topological polar surface area (TPSA) is 74.8 Å². The van der Waals surface area contributed by atoms with Gasteiger partial charge in [0.15, 0.2) is 0 Å². The Morgan fingerprint density at radius 3 is 2.84 bits per heavy atom. The Hall–Kier alpha value is -2.85. The Balaban J connectivity index is 1.54. The molecule has 1 amide bonds. The van der Waals surface area contributed by atoms with Gasteiger partial charge in [0.1, 0.15) is 5.82 Å². The molecular formula is C24H25BClN5O. The number of imidazole rings is 1. The molecule has 32 heavy (non-hydrogen) atoms. The molecule has 0 N–H and O–H groups in total. The fraction of sp³-hybridized carbons (Fsp3) is 0.417. The lowest BCUT2D eigenvalue weighted by Gasteiger charge is -2.33. The van der Waals surface area contributed by atoms with Gasteiger partial charge in [-0.3, -0.25) is 9.78 Å². The number of halogens is 1. The summed E-state index contributed by atoms with van der Waals surface area (Å²) in [5.74, 6) is 3.36. The lowest BCUT2D eigenvalue weighted by atomic mass is 9.39. The third-order valence-corrected chi connectivity index (χ3v) is 7.34. The van der Waals surface area contributed by atoms with Crippen molar-refractivity contribution in [1.29, 1.82) is 5.26 Å². The van der Waals surface area contributed by atoms with Crippen LogP contribution in [0.5, 0.6) is 0 Å². The molecule has 2 aliphatic rings. The number of pyridine rings is 1. The van der Waals surface area contributed by atoms with Gasteiger partial charge in [0.25, 0.3) is 6.71 Å². The first kappa shape index (κ1) is 21.0. The number of aromatic nitrogens is 3. The zero-order chi connectivity index (χ0) is 22.3. The van der Waals surface area contributed by atoms with Crippen molar-refractivity contribution < 1.29 is 4.79 Å². The average Bonchev–Trinajstić information content (AvgIpc) is 3.26. The molecule has 0 bridgehead atoms. The summed E-state index contributed by atoms with van der Waals surface area (Å²) in [7, 11) is 0. The van der Waals surface area contributed by atoms with Crippen molar-refractivity contribution >= 4 is 40.9 Å². The Kier molecular flexibility index (Phi) is 5.42. The van der Waals surface area contributed by atoms with E-state index in [9.17, 15) is 10.1 Å². The lowest BCUT2D eigenvalue weighted by Crippen LogP contribution is -2.44. The summed E-state index contributed by atoms with van der Waals surface area (Å²) in [5.41, 5.74) is 3.27. The second kappa shape index (κ2) is 8.25. The van der Waals surface area contributed by atoms with Crippen LogP contribution in [0.15, 0.2) is 36.7 Å². The second-order valence-corrected chi connectivity index (χ2v) is 9.37. The quantitative estimate of drug-likeness (QED) is 0.517. The number of aryl methyl sites for hydroxylation is 1. The average molecular weight is 446 g/mol. The smallest absolute Gasteiger partial charge is 0.267 e. The van der Waals surface area contributed by atoms with Crippen molar-refractivity contribution in [2.24, 2.45) is 0 Å². The fourth-order valence-electron chi connectivity index (χ4n) is 5.35. The van der Waals surface area contributed by atoms with Crippen LogP contribution in [0.3, 0.4) is 0 Å². The van der Waals surface area contributed by atoms with Gasteiger partial charge in [0, 0.05) is 23.7 Å². The Morgan fingerprint density at radius 2 is 2.09 bits per heavy atom. The predicted octanol–water partition coefficient (Wildman–Crippen LogP) is 5.02. The number of benzene rings is 1. The highest BCUT2D eigenvalue weighted by atomic mass is 35.5. The van der Waals surface area contributed by atoms with Gasteiger partial charge in [0.2, 0.25) is 5.91 Å². The number of nitrogens with zero attached hydrogens (tertiary/aromatic N) is 5. The van der Waals surface area contributed by atoms with Gasteiger partial charge in [-0.2, -0.15) is 0 Å². The van der Waals surface area contributed by atoms with E-state index in [-0.39, 0.29) is 12.6 Å². The van der Waals surface area contributed by atoms with E-state index >= 15 is 0 Å². The summed E-state index contributed by atoms with van der Waals surface area (Å²) in [6, 6.07) is 7.77. The number of fused-ring (bicyclic) bond motifs is 3. The molecule has 0 radical (unpaired) electrons. The number of nitriles is 1. The molecule has 4 heterocycles. The number of carbonyl (C=O) groups excluding carboxylic acids is 1. The molecule has 0 aliphatic carbocycles.